The summed E-state index contributed by atoms with van der Waals surface area (Å²) in [5.74, 6) is 0. The fourth-order valence-corrected chi connectivity index (χ4v) is 2.58. The molecule has 0 radical (unpaired) electrons. The van der Waals surface area contributed by atoms with Crippen molar-refractivity contribution in [3.63, 3.8) is 0 Å². The van der Waals surface area contributed by atoms with Crippen LogP contribution in [0.15, 0.2) is 29.2 Å². The molecule has 1 aromatic carbocycles. The summed E-state index contributed by atoms with van der Waals surface area (Å²) >= 11 is 0. The Hall–Kier alpha value is -1.55. The van der Waals surface area contributed by atoms with E-state index in [2.05, 4.69) is 0 Å². The molecule has 1 unspecified atom stereocenters. The van der Waals surface area contributed by atoms with E-state index < -0.39 is 26.8 Å². The lowest BCUT2D eigenvalue weighted by Crippen LogP contribution is -2.17. The fourth-order valence-electron chi connectivity index (χ4n) is 1.30. The number of nitriles is 1. The molecule has 1 rings (SSSR count). The van der Waals surface area contributed by atoms with Crippen molar-refractivity contribution in [3.05, 3.63) is 29.8 Å². The molecule has 7 heteroatoms. The van der Waals surface area contributed by atoms with Gasteiger partial charge < -0.3 is 0 Å². The van der Waals surface area contributed by atoms with E-state index in [1.807, 2.05) is 0 Å². The molecule has 18 heavy (non-hydrogen) atoms. The minimum absolute atomic E-state index is 0.205. The van der Waals surface area contributed by atoms with Crippen LogP contribution >= 0.6 is 0 Å². The second-order valence-electron chi connectivity index (χ2n) is 3.74. The summed E-state index contributed by atoms with van der Waals surface area (Å²) < 4.78 is 60.6. The van der Waals surface area contributed by atoms with Crippen LogP contribution in [-0.2, 0) is 16.0 Å². The third-order valence-electron chi connectivity index (χ3n) is 2.42. The van der Waals surface area contributed by atoms with Crippen LogP contribution in [-0.4, -0.2) is 13.7 Å². The second-order valence-corrected chi connectivity index (χ2v) is 6.11. The predicted octanol–water partition coefficient (Wildman–Crippen LogP) is 2.78. The molecular weight excluding hydrogens is 267 g/mol. The Morgan fingerprint density at radius 3 is 2.17 bits per heavy atom. The number of sulfone groups is 1. The number of rotatable bonds is 3. The van der Waals surface area contributed by atoms with E-state index in [0.29, 0.717) is 12.1 Å². The average Bonchev–Trinajstić information content (AvgIpc) is 2.28. The number of hydrogen-bond acceptors (Lipinski definition) is 3. The van der Waals surface area contributed by atoms with E-state index in [9.17, 15) is 21.6 Å². The van der Waals surface area contributed by atoms with Gasteiger partial charge in [-0.3, -0.25) is 0 Å². The highest BCUT2D eigenvalue weighted by molar-refractivity contribution is 7.92. The largest absolute Gasteiger partial charge is 0.416 e. The van der Waals surface area contributed by atoms with Crippen molar-refractivity contribution in [1.29, 1.82) is 5.26 Å². The van der Waals surface area contributed by atoms with Crippen LogP contribution in [0.2, 0.25) is 0 Å². The predicted molar refractivity (Wildman–Crippen MR) is 58.3 cm³/mol. The summed E-state index contributed by atoms with van der Waals surface area (Å²) in [7, 11) is -3.75. The molecule has 0 aliphatic heterocycles. The Labute approximate surface area is 103 Å². The smallest absolute Gasteiger partial charge is 0.223 e. The van der Waals surface area contributed by atoms with Crippen LogP contribution in [0.3, 0.4) is 0 Å². The Morgan fingerprint density at radius 1 is 1.28 bits per heavy atom. The van der Waals surface area contributed by atoms with Gasteiger partial charge in [-0.25, -0.2) is 8.42 Å². The van der Waals surface area contributed by atoms with Crippen LogP contribution in [0.25, 0.3) is 0 Å². The highest BCUT2D eigenvalue weighted by Gasteiger charge is 2.31. The summed E-state index contributed by atoms with van der Waals surface area (Å²) in [6.07, 6.45) is -4.70. The summed E-state index contributed by atoms with van der Waals surface area (Å²) in [5, 5.41) is 7.49. The molecule has 0 heterocycles. The number of alkyl halides is 3. The molecular formula is C11H10F3NO2S. The zero-order chi connectivity index (χ0) is 14.0. The molecule has 0 spiro atoms. The first-order valence-electron chi connectivity index (χ1n) is 4.97. The van der Waals surface area contributed by atoms with Crippen molar-refractivity contribution in [2.45, 2.75) is 29.7 Å². The van der Waals surface area contributed by atoms with Gasteiger partial charge in [0.1, 0.15) is 0 Å². The molecule has 0 fully saturated rings. The molecule has 0 saturated heterocycles. The monoisotopic (exact) mass is 277 g/mol. The third-order valence-corrected chi connectivity index (χ3v) is 4.57. The molecule has 0 aliphatic rings. The molecule has 3 nitrogen and oxygen atoms in total. The second kappa shape index (κ2) is 4.98. The molecule has 98 valence electrons. The molecule has 0 aromatic heterocycles. The maximum atomic E-state index is 12.3. The van der Waals surface area contributed by atoms with Crippen molar-refractivity contribution in [2.24, 2.45) is 0 Å². The van der Waals surface area contributed by atoms with Crippen molar-refractivity contribution in [2.75, 3.05) is 0 Å². The molecule has 0 saturated carbocycles. The highest BCUT2D eigenvalue weighted by atomic mass is 32.2. The third kappa shape index (κ3) is 3.01. The van der Waals surface area contributed by atoms with Gasteiger partial charge in [-0.2, -0.15) is 18.4 Å². The standard InChI is InChI=1S/C11H10F3NO2S/c1-8(6-7-15)18(16,17)10-4-2-9(3-5-10)11(12,13)14/h2-5,8H,6H2,1H3. The van der Waals surface area contributed by atoms with Crippen LogP contribution in [0.1, 0.15) is 18.9 Å². The van der Waals surface area contributed by atoms with E-state index in [-0.39, 0.29) is 11.3 Å². The van der Waals surface area contributed by atoms with Gasteiger partial charge in [0.05, 0.1) is 28.2 Å². The van der Waals surface area contributed by atoms with Gasteiger partial charge in [0.25, 0.3) is 0 Å². The summed E-state index contributed by atoms with van der Waals surface area (Å²) in [6, 6.07) is 4.97. The molecule has 0 bridgehead atoms. The number of benzene rings is 1. The van der Waals surface area contributed by atoms with Crippen molar-refractivity contribution in [1.82, 2.24) is 0 Å². The van der Waals surface area contributed by atoms with E-state index in [0.717, 1.165) is 12.1 Å². The lowest BCUT2D eigenvalue weighted by molar-refractivity contribution is -0.137. The van der Waals surface area contributed by atoms with Gasteiger partial charge in [-0.1, -0.05) is 0 Å². The minimum Gasteiger partial charge on any atom is -0.223 e. The highest BCUT2D eigenvalue weighted by Crippen LogP contribution is 2.30. The van der Waals surface area contributed by atoms with Crippen LogP contribution in [0.4, 0.5) is 13.2 Å². The van der Waals surface area contributed by atoms with Gasteiger partial charge in [0, 0.05) is 0 Å². The zero-order valence-corrected chi connectivity index (χ0v) is 10.2. The number of halogens is 3. The SMILES string of the molecule is CC(CC#N)S(=O)(=O)c1ccc(C(F)(F)F)cc1. The zero-order valence-electron chi connectivity index (χ0n) is 9.40. The number of hydrogen-bond donors (Lipinski definition) is 0. The topological polar surface area (TPSA) is 57.9 Å². The maximum absolute atomic E-state index is 12.3. The van der Waals surface area contributed by atoms with Crippen molar-refractivity contribution < 1.29 is 21.6 Å². The fraction of sp³-hybridized carbons (Fsp3) is 0.364. The van der Waals surface area contributed by atoms with Gasteiger partial charge in [0.2, 0.25) is 0 Å². The summed E-state index contributed by atoms with van der Waals surface area (Å²) in [4.78, 5) is -0.210. The Balaban J connectivity index is 3.10. The van der Waals surface area contributed by atoms with E-state index in [1.54, 1.807) is 6.07 Å². The van der Waals surface area contributed by atoms with Crippen LogP contribution in [0, 0.1) is 11.3 Å². The average molecular weight is 277 g/mol. The lowest BCUT2D eigenvalue weighted by Gasteiger charge is -2.11. The first kappa shape index (κ1) is 14.5. The minimum atomic E-state index is -4.50. The molecule has 0 N–H and O–H groups in total. The van der Waals surface area contributed by atoms with Gasteiger partial charge in [-0.15, -0.1) is 0 Å². The molecule has 1 atom stereocenters. The van der Waals surface area contributed by atoms with Crippen LogP contribution < -0.4 is 0 Å². The quantitative estimate of drug-likeness (QED) is 0.853. The van der Waals surface area contributed by atoms with Gasteiger partial charge >= 0.3 is 6.18 Å². The van der Waals surface area contributed by atoms with Gasteiger partial charge in [0.15, 0.2) is 9.84 Å². The Morgan fingerprint density at radius 2 is 1.78 bits per heavy atom. The van der Waals surface area contributed by atoms with Gasteiger partial charge in [-0.05, 0) is 31.2 Å². The van der Waals surface area contributed by atoms with Crippen LogP contribution in [0.5, 0.6) is 0 Å². The van der Waals surface area contributed by atoms with E-state index in [1.165, 1.54) is 6.92 Å². The van der Waals surface area contributed by atoms with E-state index >= 15 is 0 Å². The first-order valence-corrected chi connectivity index (χ1v) is 6.52. The molecule has 0 amide bonds. The normalized spacial score (nSPS) is 13.9. The maximum Gasteiger partial charge on any atom is 0.416 e. The molecule has 0 aliphatic carbocycles. The first-order chi connectivity index (χ1) is 8.19. The Bertz CT molecular complexity index is 555. The summed E-state index contributed by atoms with van der Waals surface area (Å²) in [5.41, 5.74) is -0.908. The summed E-state index contributed by atoms with van der Waals surface area (Å²) in [6.45, 7) is 1.34. The number of nitrogens with zero attached hydrogens (tertiary/aromatic N) is 1. The Kier molecular flexibility index (Phi) is 4.02. The van der Waals surface area contributed by atoms with Crippen molar-refractivity contribution >= 4 is 9.84 Å². The van der Waals surface area contributed by atoms with Crippen molar-refractivity contribution in [3.8, 4) is 6.07 Å². The molecule has 1 aromatic rings. The lowest BCUT2D eigenvalue weighted by atomic mass is 10.2. The van der Waals surface area contributed by atoms with E-state index in [4.69, 9.17) is 5.26 Å².